The van der Waals surface area contributed by atoms with Crippen molar-refractivity contribution in [3.63, 3.8) is 0 Å². The monoisotopic (exact) mass is 338 g/mol. The third kappa shape index (κ3) is 3.98. The molecule has 0 aliphatic heterocycles. The number of rotatable bonds is 6. The Morgan fingerprint density at radius 1 is 1.16 bits per heavy atom. The van der Waals surface area contributed by atoms with E-state index in [1.165, 1.54) is 0 Å². The molecule has 3 rings (SSSR count). The van der Waals surface area contributed by atoms with Gasteiger partial charge in [0, 0.05) is 10.9 Å². The van der Waals surface area contributed by atoms with Crippen LogP contribution in [0.2, 0.25) is 0 Å². The van der Waals surface area contributed by atoms with Gasteiger partial charge in [-0.05, 0) is 43.3 Å². The van der Waals surface area contributed by atoms with Crippen LogP contribution in [-0.2, 0) is 4.79 Å². The van der Waals surface area contributed by atoms with Gasteiger partial charge in [-0.25, -0.2) is 0 Å². The zero-order valence-corrected chi connectivity index (χ0v) is 13.7. The number of hydrogen-bond acceptors (Lipinski definition) is 4. The van der Waals surface area contributed by atoms with Crippen LogP contribution in [0.5, 0.6) is 5.75 Å². The first kappa shape index (κ1) is 16.6. The van der Waals surface area contributed by atoms with Gasteiger partial charge in [0.1, 0.15) is 17.1 Å². The van der Waals surface area contributed by atoms with E-state index in [2.05, 4.69) is 5.32 Å². The predicted octanol–water partition coefficient (Wildman–Crippen LogP) is 2.79. The number of ether oxygens (including phenoxy) is 1. The normalized spacial score (nSPS) is 11.9. The quantitative estimate of drug-likeness (QED) is 0.722. The number of carbonyl (C=O) groups excluding carboxylic acids is 2. The molecule has 2 aromatic carbocycles. The second kappa shape index (κ2) is 7.09. The molecule has 0 unspecified atom stereocenters. The molecule has 6 nitrogen and oxygen atoms in total. The lowest BCUT2D eigenvalue weighted by Crippen LogP contribution is -2.26. The van der Waals surface area contributed by atoms with E-state index in [4.69, 9.17) is 14.9 Å². The molecule has 25 heavy (non-hydrogen) atoms. The SMILES string of the molecule is C[C@H](NC(=O)c1ccc(OCC(N)=O)cc1)c1cc2ccccc2o1. The first-order valence-corrected chi connectivity index (χ1v) is 7.83. The largest absolute Gasteiger partial charge is 0.484 e. The predicted molar refractivity (Wildman–Crippen MR) is 93.2 cm³/mol. The molecule has 0 bridgehead atoms. The van der Waals surface area contributed by atoms with E-state index in [0.29, 0.717) is 17.1 Å². The molecule has 2 amide bonds. The minimum Gasteiger partial charge on any atom is -0.484 e. The first-order chi connectivity index (χ1) is 12.0. The van der Waals surface area contributed by atoms with Gasteiger partial charge in [0.25, 0.3) is 11.8 Å². The number of carbonyl (C=O) groups is 2. The molecular formula is C19H18N2O4. The van der Waals surface area contributed by atoms with Gasteiger partial charge in [-0.3, -0.25) is 9.59 Å². The Morgan fingerprint density at radius 3 is 2.56 bits per heavy atom. The van der Waals surface area contributed by atoms with Gasteiger partial charge < -0.3 is 20.2 Å². The van der Waals surface area contributed by atoms with Crippen molar-refractivity contribution in [1.82, 2.24) is 5.32 Å². The van der Waals surface area contributed by atoms with E-state index >= 15 is 0 Å². The van der Waals surface area contributed by atoms with Gasteiger partial charge >= 0.3 is 0 Å². The summed E-state index contributed by atoms with van der Waals surface area (Å²) in [6.45, 7) is 1.66. The highest BCUT2D eigenvalue weighted by atomic mass is 16.5. The van der Waals surface area contributed by atoms with Gasteiger partial charge in [0.05, 0.1) is 6.04 Å². The molecule has 1 aromatic heterocycles. The maximum atomic E-state index is 12.4. The number of amides is 2. The fourth-order valence-corrected chi connectivity index (χ4v) is 2.42. The van der Waals surface area contributed by atoms with E-state index in [-0.39, 0.29) is 18.6 Å². The molecule has 0 saturated carbocycles. The fraction of sp³-hybridized carbons (Fsp3) is 0.158. The number of hydrogen-bond donors (Lipinski definition) is 2. The Morgan fingerprint density at radius 2 is 1.88 bits per heavy atom. The highest BCUT2D eigenvalue weighted by Crippen LogP contribution is 2.24. The summed E-state index contributed by atoms with van der Waals surface area (Å²) in [7, 11) is 0. The van der Waals surface area contributed by atoms with Crippen LogP contribution in [-0.4, -0.2) is 18.4 Å². The van der Waals surface area contributed by atoms with Crippen molar-refractivity contribution >= 4 is 22.8 Å². The Kier molecular flexibility index (Phi) is 4.70. The minimum atomic E-state index is -0.554. The van der Waals surface area contributed by atoms with Crippen molar-refractivity contribution in [3.8, 4) is 5.75 Å². The summed E-state index contributed by atoms with van der Waals surface area (Å²) < 4.78 is 10.9. The van der Waals surface area contributed by atoms with Crippen LogP contribution in [0.4, 0.5) is 0 Å². The molecule has 0 aliphatic rings. The molecular weight excluding hydrogens is 320 g/mol. The van der Waals surface area contributed by atoms with Crippen LogP contribution in [0.25, 0.3) is 11.0 Å². The van der Waals surface area contributed by atoms with E-state index in [9.17, 15) is 9.59 Å². The Bertz CT molecular complexity index is 866. The summed E-state index contributed by atoms with van der Waals surface area (Å²) in [6.07, 6.45) is 0. The summed E-state index contributed by atoms with van der Waals surface area (Å²) >= 11 is 0. The van der Waals surface area contributed by atoms with Gasteiger partial charge in [0.2, 0.25) is 0 Å². The number of para-hydroxylation sites is 1. The molecule has 3 N–H and O–H groups in total. The summed E-state index contributed by atoms with van der Waals surface area (Å²) in [5.74, 6) is 0.382. The summed E-state index contributed by atoms with van der Waals surface area (Å²) in [4.78, 5) is 23.0. The average Bonchev–Trinajstić information content (AvgIpc) is 3.04. The van der Waals surface area contributed by atoms with E-state index in [1.54, 1.807) is 24.3 Å². The van der Waals surface area contributed by atoms with Crippen molar-refractivity contribution in [2.75, 3.05) is 6.61 Å². The number of nitrogens with one attached hydrogen (secondary N) is 1. The number of benzene rings is 2. The molecule has 6 heteroatoms. The fourth-order valence-electron chi connectivity index (χ4n) is 2.42. The Hall–Kier alpha value is -3.28. The molecule has 0 aliphatic carbocycles. The van der Waals surface area contributed by atoms with Crippen molar-refractivity contribution in [3.05, 3.63) is 65.9 Å². The van der Waals surface area contributed by atoms with Crippen molar-refractivity contribution < 1.29 is 18.7 Å². The lowest BCUT2D eigenvalue weighted by Gasteiger charge is -2.12. The summed E-state index contributed by atoms with van der Waals surface area (Å²) in [5.41, 5.74) is 6.29. The van der Waals surface area contributed by atoms with E-state index in [1.807, 2.05) is 37.3 Å². The average molecular weight is 338 g/mol. The smallest absolute Gasteiger partial charge is 0.255 e. The zero-order valence-electron chi connectivity index (χ0n) is 13.7. The van der Waals surface area contributed by atoms with Crippen LogP contribution < -0.4 is 15.8 Å². The van der Waals surface area contributed by atoms with Crippen LogP contribution in [0, 0.1) is 0 Å². The minimum absolute atomic E-state index is 0.200. The maximum Gasteiger partial charge on any atom is 0.255 e. The Labute approximate surface area is 144 Å². The maximum absolute atomic E-state index is 12.4. The number of primary amides is 1. The van der Waals surface area contributed by atoms with Gasteiger partial charge in [-0.2, -0.15) is 0 Å². The lowest BCUT2D eigenvalue weighted by molar-refractivity contribution is -0.119. The van der Waals surface area contributed by atoms with Crippen LogP contribution in [0.3, 0.4) is 0 Å². The Balaban J connectivity index is 1.65. The van der Waals surface area contributed by atoms with Crippen molar-refractivity contribution in [2.45, 2.75) is 13.0 Å². The number of fused-ring (bicyclic) bond motifs is 1. The summed E-state index contributed by atoms with van der Waals surface area (Å²) in [5, 5.41) is 3.89. The molecule has 1 heterocycles. The van der Waals surface area contributed by atoms with Crippen LogP contribution >= 0.6 is 0 Å². The standard InChI is InChI=1S/C19H18N2O4/c1-12(17-10-14-4-2-3-5-16(14)25-17)21-19(23)13-6-8-15(9-7-13)24-11-18(20)22/h2-10,12H,11H2,1H3,(H2,20,22)(H,21,23)/t12-/m0/s1. The van der Waals surface area contributed by atoms with Crippen LogP contribution in [0.1, 0.15) is 29.1 Å². The lowest BCUT2D eigenvalue weighted by atomic mass is 10.1. The molecule has 1 atom stereocenters. The summed E-state index contributed by atoms with van der Waals surface area (Å²) in [6, 6.07) is 15.8. The third-order valence-corrected chi connectivity index (χ3v) is 3.72. The van der Waals surface area contributed by atoms with Crippen LogP contribution in [0.15, 0.2) is 59.0 Å². The van der Waals surface area contributed by atoms with Crippen molar-refractivity contribution in [1.29, 1.82) is 0 Å². The second-order valence-corrected chi connectivity index (χ2v) is 5.66. The van der Waals surface area contributed by atoms with Crippen molar-refractivity contribution in [2.24, 2.45) is 5.73 Å². The zero-order chi connectivity index (χ0) is 17.8. The van der Waals surface area contributed by atoms with E-state index < -0.39 is 5.91 Å². The highest BCUT2D eigenvalue weighted by molar-refractivity contribution is 5.94. The van der Waals surface area contributed by atoms with E-state index in [0.717, 1.165) is 11.0 Å². The third-order valence-electron chi connectivity index (χ3n) is 3.72. The molecule has 3 aromatic rings. The molecule has 128 valence electrons. The number of nitrogens with two attached hydrogens (primary N) is 1. The van der Waals surface area contributed by atoms with Gasteiger partial charge in [-0.15, -0.1) is 0 Å². The molecule has 0 fully saturated rings. The highest BCUT2D eigenvalue weighted by Gasteiger charge is 2.15. The molecule has 0 saturated heterocycles. The second-order valence-electron chi connectivity index (χ2n) is 5.66. The number of furan rings is 1. The first-order valence-electron chi connectivity index (χ1n) is 7.83. The molecule has 0 spiro atoms. The van der Waals surface area contributed by atoms with Gasteiger partial charge in [-0.1, -0.05) is 18.2 Å². The molecule has 0 radical (unpaired) electrons. The topological polar surface area (TPSA) is 94.6 Å². The van der Waals surface area contributed by atoms with Gasteiger partial charge in [0.15, 0.2) is 6.61 Å².